The van der Waals surface area contributed by atoms with Crippen molar-refractivity contribution in [2.24, 2.45) is 0 Å². The predicted molar refractivity (Wildman–Crippen MR) is 66.6 cm³/mol. The summed E-state index contributed by atoms with van der Waals surface area (Å²) in [6.45, 7) is 2.08. The third-order valence-corrected chi connectivity index (χ3v) is 4.32. The van der Waals surface area contributed by atoms with Gasteiger partial charge in [-0.15, -0.1) is 0 Å². The summed E-state index contributed by atoms with van der Waals surface area (Å²) in [5, 5.41) is 3.48. The number of rotatable bonds is 2. The molecule has 0 saturated carbocycles. The van der Waals surface area contributed by atoms with Crippen molar-refractivity contribution in [3.05, 3.63) is 22.3 Å². The van der Waals surface area contributed by atoms with Crippen molar-refractivity contribution in [1.29, 1.82) is 0 Å². The molecule has 3 nitrogen and oxygen atoms in total. The van der Waals surface area contributed by atoms with Gasteiger partial charge >= 0.3 is 0 Å². The van der Waals surface area contributed by atoms with Gasteiger partial charge in [0.25, 0.3) is 0 Å². The molecule has 2 fully saturated rings. The van der Waals surface area contributed by atoms with Crippen LogP contribution in [0, 0.1) is 6.92 Å². The standard InChI is InChI=1S/C12H15BrN2O/c1-7-4-12(14-6-9(7)13)15-10-5-8-2-3-11(10)16-8/h4,6,8,10-11H,2-3,5H2,1H3,(H,14,15). The van der Waals surface area contributed by atoms with Crippen molar-refractivity contribution in [3.63, 3.8) is 0 Å². The number of aryl methyl sites for hydroxylation is 1. The molecule has 86 valence electrons. The molecule has 1 aromatic heterocycles. The number of hydrogen-bond donors (Lipinski definition) is 1. The molecule has 4 heteroatoms. The van der Waals surface area contributed by atoms with Gasteiger partial charge in [-0.25, -0.2) is 4.98 Å². The predicted octanol–water partition coefficient (Wildman–Crippen LogP) is 2.88. The highest BCUT2D eigenvalue weighted by molar-refractivity contribution is 9.10. The van der Waals surface area contributed by atoms with Gasteiger partial charge in [0, 0.05) is 10.7 Å². The van der Waals surface area contributed by atoms with Crippen LogP contribution in [0.4, 0.5) is 5.82 Å². The Balaban J connectivity index is 1.72. The Kier molecular flexibility index (Phi) is 2.64. The zero-order valence-electron chi connectivity index (χ0n) is 9.24. The monoisotopic (exact) mass is 282 g/mol. The molecule has 0 aliphatic carbocycles. The van der Waals surface area contributed by atoms with Crippen LogP contribution < -0.4 is 5.32 Å². The van der Waals surface area contributed by atoms with E-state index in [0.717, 1.165) is 16.7 Å². The second-order valence-corrected chi connectivity index (χ2v) is 5.53. The Bertz CT molecular complexity index is 410. The van der Waals surface area contributed by atoms with Gasteiger partial charge in [0.15, 0.2) is 0 Å². The van der Waals surface area contributed by atoms with Crippen molar-refractivity contribution < 1.29 is 4.74 Å². The number of fused-ring (bicyclic) bond motifs is 2. The minimum atomic E-state index is 0.399. The highest BCUT2D eigenvalue weighted by Crippen LogP contribution is 2.35. The summed E-state index contributed by atoms with van der Waals surface area (Å²) in [7, 11) is 0. The molecule has 16 heavy (non-hydrogen) atoms. The number of aromatic nitrogens is 1. The van der Waals surface area contributed by atoms with Crippen LogP contribution in [0.2, 0.25) is 0 Å². The van der Waals surface area contributed by atoms with Crippen LogP contribution in [-0.4, -0.2) is 23.2 Å². The number of nitrogens with one attached hydrogen (secondary N) is 1. The van der Waals surface area contributed by atoms with E-state index in [1.54, 1.807) is 0 Å². The van der Waals surface area contributed by atoms with Crippen molar-refractivity contribution >= 4 is 21.7 Å². The lowest BCUT2D eigenvalue weighted by Gasteiger charge is -2.20. The molecule has 2 aliphatic heterocycles. The van der Waals surface area contributed by atoms with E-state index in [2.05, 4.69) is 39.2 Å². The first-order valence-electron chi connectivity index (χ1n) is 5.76. The van der Waals surface area contributed by atoms with Gasteiger partial charge in [-0.3, -0.25) is 0 Å². The zero-order valence-corrected chi connectivity index (χ0v) is 10.8. The van der Waals surface area contributed by atoms with Gasteiger partial charge in [-0.2, -0.15) is 0 Å². The number of hydrogen-bond acceptors (Lipinski definition) is 3. The molecule has 3 atom stereocenters. The van der Waals surface area contributed by atoms with Crippen molar-refractivity contribution in [2.45, 2.75) is 44.4 Å². The molecule has 3 heterocycles. The lowest BCUT2D eigenvalue weighted by molar-refractivity contribution is 0.102. The average molecular weight is 283 g/mol. The fraction of sp³-hybridized carbons (Fsp3) is 0.583. The van der Waals surface area contributed by atoms with Crippen LogP contribution in [0.15, 0.2) is 16.7 Å². The van der Waals surface area contributed by atoms with E-state index >= 15 is 0 Å². The van der Waals surface area contributed by atoms with Gasteiger partial charge in [0.1, 0.15) is 5.82 Å². The fourth-order valence-electron chi connectivity index (χ4n) is 2.60. The molecule has 3 rings (SSSR count). The fourth-order valence-corrected chi connectivity index (χ4v) is 2.81. The van der Waals surface area contributed by atoms with E-state index in [1.807, 2.05) is 6.20 Å². The van der Waals surface area contributed by atoms with E-state index in [0.29, 0.717) is 18.2 Å². The van der Waals surface area contributed by atoms with Gasteiger partial charge < -0.3 is 10.1 Å². The molecule has 2 saturated heterocycles. The Hall–Kier alpha value is -0.610. The molecular weight excluding hydrogens is 268 g/mol. The highest BCUT2D eigenvalue weighted by Gasteiger charge is 2.40. The lowest BCUT2D eigenvalue weighted by Crippen LogP contribution is -2.30. The Morgan fingerprint density at radius 1 is 1.50 bits per heavy atom. The Morgan fingerprint density at radius 3 is 3.00 bits per heavy atom. The number of anilines is 1. The van der Waals surface area contributed by atoms with Gasteiger partial charge in [0.05, 0.1) is 18.2 Å². The van der Waals surface area contributed by atoms with Crippen LogP contribution in [0.3, 0.4) is 0 Å². The van der Waals surface area contributed by atoms with Crippen LogP contribution in [0.25, 0.3) is 0 Å². The smallest absolute Gasteiger partial charge is 0.126 e. The molecule has 1 N–H and O–H groups in total. The van der Waals surface area contributed by atoms with Gasteiger partial charge in [-0.1, -0.05) is 0 Å². The third-order valence-electron chi connectivity index (χ3n) is 3.49. The summed E-state index contributed by atoms with van der Waals surface area (Å²) in [6, 6.07) is 2.53. The first-order chi connectivity index (χ1) is 7.72. The quantitative estimate of drug-likeness (QED) is 0.906. The zero-order chi connectivity index (χ0) is 11.1. The normalized spacial score (nSPS) is 32.0. The van der Waals surface area contributed by atoms with Crippen molar-refractivity contribution in [2.75, 3.05) is 5.32 Å². The highest BCUT2D eigenvalue weighted by atomic mass is 79.9. The first kappa shape index (κ1) is 10.5. The van der Waals surface area contributed by atoms with Gasteiger partial charge in [0.2, 0.25) is 0 Å². The Labute approximate surface area is 104 Å². The van der Waals surface area contributed by atoms with Gasteiger partial charge in [-0.05, 0) is 53.7 Å². The third kappa shape index (κ3) is 1.84. The average Bonchev–Trinajstić information content (AvgIpc) is 2.85. The second kappa shape index (κ2) is 4.00. The van der Waals surface area contributed by atoms with Crippen LogP contribution in [-0.2, 0) is 4.74 Å². The van der Waals surface area contributed by atoms with E-state index in [-0.39, 0.29) is 0 Å². The maximum absolute atomic E-state index is 5.81. The van der Waals surface area contributed by atoms with Crippen molar-refractivity contribution in [3.8, 4) is 0 Å². The number of halogens is 1. The second-order valence-electron chi connectivity index (χ2n) is 4.68. The molecule has 0 aromatic carbocycles. The maximum Gasteiger partial charge on any atom is 0.126 e. The summed E-state index contributed by atoms with van der Waals surface area (Å²) in [5.74, 6) is 0.960. The van der Waals surface area contributed by atoms with Crippen LogP contribution in [0.5, 0.6) is 0 Å². The molecule has 0 radical (unpaired) electrons. The molecule has 3 unspecified atom stereocenters. The van der Waals surface area contributed by atoms with E-state index in [1.165, 1.54) is 18.4 Å². The van der Waals surface area contributed by atoms with Crippen molar-refractivity contribution in [1.82, 2.24) is 4.98 Å². The summed E-state index contributed by atoms with van der Waals surface area (Å²) in [6.07, 6.45) is 6.29. The van der Waals surface area contributed by atoms with E-state index in [9.17, 15) is 0 Å². The summed E-state index contributed by atoms with van der Waals surface area (Å²) >= 11 is 3.46. The molecular formula is C12H15BrN2O. The number of ether oxygens (including phenoxy) is 1. The topological polar surface area (TPSA) is 34.1 Å². The van der Waals surface area contributed by atoms with E-state index < -0.39 is 0 Å². The molecule has 0 amide bonds. The maximum atomic E-state index is 5.81. The molecule has 0 spiro atoms. The largest absolute Gasteiger partial charge is 0.373 e. The summed E-state index contributed by atoms with van der Waals surface area (Å²) in [5.41, 5.74) is 1.21. The summed E-state index contributed by atoms with van der Waals surface area (Å²) < 4.78 is 6.87. The van der Waals surface area contributed by atoms with Crippen LogP contribution in [0.1, 0.15) is 24.8 Å². The molecule has 2 aliphatic rings. The number of pyridine rings is 1. The van der Waals surface area contributed by atoms with Crippen LogP contribution >= 0.6 is 15.9 Å². The summed E-state index contributed by atoms with van der Waals surface area (Å²) in [4.78, 5) is 4.37. The number of nitrogens with zero attached hydrogens (tertiary/aromatic N) is 1. The molecule has 2 bridgehead atoms. The van der Waals surface area contributed by atoms with E-state index in [4.69, 9.17) is 4.74 Å². The Morgan fingerprint density at radius 2 is 2.38 bits per heavy atom. The minimum Gasteiger partial charge on any atom is -0.373 e. The first-order valence-corrected chi connectivity index (χ1v) is 6.56. The molecule has 1 aromatic rings. The minimum absolute atomic E-state index is 0.399. The lowest BCUT2D eigenvalue weighted by atomic mass is 9.95. The SMILES string of the molecule is Cc1cc(NC2CC3CCC2O3)ncc1Br.